The highest BCUT2D eigenvalue weighted by Gasteiger charge is 2.23. The Balaban J connectivity index is 1.93. The zero-order valence-corrected chi connectivity index (χ0v) is 16.1. The Kier molecular flexibility index (Phi) is 5.41. The maximum atomic E-state index is 12.6. The van der Waals surface area contributed by atoms with Gasteiger partial charge in [-0.05, 0) is 31.2 Å². The molecule has 0 bridgehead atoms. The van der Waals surface area contributed by atoms with Gasteiger partial charge in [0.15, 0.2) is 9.84 Å². The van der Waals surface area contributed by atoms with Gasteiger partial charge in [0.2, 0.25) is 0 Å². The maximum absolute atomic E-state index is 12.6. The molecule has 8 heteroatoms. The van der Waals surface area contributed by atoms with Gasteiger partial charge in [-0.3, -0.25) is 0 Å². The van der Waals surface area contributed by atoms with Crippen molar-refractivity contribution in [1.82, 2.24) is 4.98 Å². The van der Waals surface area contributed by atoms with Gasteiger partial charge in [0.1, 0.15) is 16.5 Å². The van der Waals surface area contributed by atoms with Crippen LogP contribution in [0.15, 0.2) is 64.6 Å². The number of hydrogen-bond donors (Lipinski definition) is 1. The third-order valence-corrected chi connectivity index (χ3v) is 6.85. The second-order valence-corrected chi connectivity index (χ2v) is 8.98. The van der Waals surface area contributed by atoms with Crippen LogP contribution in [0.3, 0.4) is 0 Å². The summed E-state index contributed by atoms with van der Waals surface area (Å²) in [6.45, 7) is 1.76. The van der Waals surface area contributed by atoms with E-state index in [-0.39, 0.29) is 10.6 Å². The van der Waals surface area contributed by atoms with Crippen molar-refractivity contribution in [3.05, 3.63) is 70.2 Å². The monoisotopic (exact) mass is 406 g/mol. The fourth-order valence-electron chi connectivity index (χ4n) is 2.41. The minimum Gasteiger partial charge on any atom is -0.411 e. The summed E-state index contributed by atoms with van der Waals surface area (Å²) in [7, 11) is -3.63. The van der Waals surface area contributed by atoms with Crippen LogP contribution in [-0.4, -0.2) is 30.1 Å². The second-order valence-electron chi connectivity index (χ2n) is 5.56. The quantitative estimate of drug-likeness (QED) is 0.386. The molecular weight excluding hydrogens is 392 g/mol. The van der Waals surface area contributed by atoms with Gasteiger partial charge in [0, 0.05) is 10.6 Å². The number of nitrogens with zero attached hydrogens (tertiary/aromatic N) is 2. The molecule has 1 heterocycles. The molecule has 0 aliphatic heterocycles. The highest BCUT2D eigenvalue weighted by atomic mass is 35.5. The minimum atomic E-state index is -3.63. The predicted octanol–water partition coefficient (Wildman–Crippen LogP) is 4.42. The third-order valence-electron chi connectivity index (χ3n) is 3.70. The number of oxime groups is 1. The Hall–Kier alpha value is -2.22. The van der Waals surface area contributed by atoms with E-state index in [0.717, 1.165) is 5.56 Å². The Morgan fingerprint density at radius 1 is 1.15 bits per heavy atom. The van der Waals surface area contributed by atoms with Gasteiger partial charge in [0.25, 0.3) is 0 Å². The van der Waals surface area contributed by atoms with E-state index in [1.165, 1.54) is 23.5 Å². The normalized spacial score (nSPS) is 12.3. The molecule has 3 aromatic rings. The van der Waals surface area contributed by atoms with Crippen molar-refractivity contribution in [3.63, 3.8) is 0 Å². The van der Waals surface area contributed by atoms with Crippen LogP contribution >= 0.6 is 22.9 Å². The lowest BCUT2D eigenvalue weighted by molar-refractivity contribution is 0.319. The third kappa shape index (κ3) is 3.95. The molecule has 0 fully saturated rings. The van der Waals surface area contributed by atoms with Crippen LogP contribution in [0.25, 0.3) is 10.6 Å². The summed E-state index contributed by atoms with van der Waals surface area (Å²) in [5.41, 5.74) is 1.54. The van der Waals surface area contributed by atoms with Gasteiger partial charge >= 0.3 is 0 Å². The van der Waals surface area contributed by atoms with E-state index in [2.05, 4.69) is 10.1 Å². The summed E-state index contributed by atoms with van der Waals surface area (Å²) in [6, 6.07) is 15.3. The molecule has 2 aromatic carbocycles. The molecule has 0 aliphatic rings. The molecule has 0 aliphatic carbocycles. The molecule has 0 amide bonds. The summed E-state index contributed by atoms with van der Waals surface area (Å²) in [4.78, 5) is 5.19. The molecular formula is C18H15ClN2O3S2. The number of benzene rings is 2. The highest BCUT2D eigenvalue weighted by Crippen LogP contribution is 2.30. The molecule has 1 N–H and O–H groups in total. The summed E-state index contributed by atoms with van der Waals surface area (Å²) < 4.78 is 25.2. The standard InChI is InChI=1S/C18H15ClN2O3S2/c1-12-17(25-18(20-12)13-7-9-14(19)10-8-13)16(21-22)11-26(23,24)15-5-3-2-4-6-15/h2-10,22H,11H2,1H3/b21-16-. The largest absolute Gasteiger partial charge is 0.411 e. The molecule has 5 nitrogen and oxygen atoms in total. The van der Waals surface area contributed by atoms with Gasteiger partial charge in [0.05, 0.1) is 15.5 Å². The van der Waals surface area contributed by atoms with E-state index in [4.69, 9.17) is 11.6 Å². The number of aromatic nitrogens is 1. The van der Waals surface area contributed by atoms with Crippen molar-refractivity contribution in [2.45, 2.75) is 11.8 Å². The molecule has 134 valence electrons. The summed E-state index contributed by atoms with van der Waals surface area (Å²) in [6.07, 6.45) is 0. The van der Waals surface area contributed by atoms with E-state index >= 15 is 0 Å². The topological polar surface area (TPSA) is 79.6 Å². The van der Waals surface area contributed by atoms with Crippen LogP contribution in [0.5, 0.6) is 0 Å². The second kappa shape index (κ2) is 7.57. The van der Waals surface area contributed by atoms with E-state index in [1.54, 1.807) is 37.3 Å². The molecule has 0 radical (unpaired) electrons. The van der Waals surface area contributed by atoms with Gasteiger partial charge < -0.3 is 5.21 Å². The van der Waals surface area contributed by atoms with E-state index in [0.29, 0.717) is 20.6 Å². The van der Waals surface area contributed by atoms with Crippen molar-refractivity contribution in [2.75, 3.05) is 5.75 Å². The molecule has 26 heavy (non-hydrogen) atoms. The lowest BCUT2D eigenvalue weighted by Gasteiger charge is -2.05. The predicted molar refractivity (Wildman–Crippen MR) is 104 cm³/mol. The maximum Gasteiger partial charge on any atom is 0.184 e. The molecule has 0 unspecified atom stereocenters. The van der Waals surface area contributed by atoms with Crippen LogP contribution in [0.2, 0.25) is 5.02 Å². The van der Waals surface area contributed by atoms with E-state index < -0.39 is 15.6 Å². The number of sulfone groups is 1. The fraction of sp³-hybridized carbons (Fsp3) is 0.111. The van der Waals surface area contributed by atoms with E-state index in [9.17, 15) is 13.6 Å². The SMILES string of the molecule is Cc1nc(-c2ccc(Cl)cc2)sc1/C(CS(=O)(=O)c1ccccc1)=N\O. The smallest absolute Gasteiger partial charge is 0.184 e. The van der Waals surface area contributed by atoms with Crippen molar-refractivity contribution in [2.24, 2.45) is 5.16 Å². The number of rotatable bonds is 5. The van der Waals surface area contributed by atoms with Crippen molar-refractivity contribution < 1.29 is 13.6 Å². The Morgan fingerprint density at radius 3 is 2.42 bits per heavy atom. The first kappa shape index (κ1) is 18.6. The molecule has 0 saturated heterocycles. The van der Waals surface area contributed by atoms with Gasteiger partial charge in [-0.1, -0.05) is 47.1 Å². The van der Waals surface area contributed by atoms with Gasteiger partial charge in [-0.2, -0.15) is 0 Å². The number of aryl methyl sites for hydroxylation is 1. The van der Waals surface area contributed by atoms with Crippen molar-refractivity contribution >= 4 is 38.5 Å². The number of hydrogen-bond acceptors (Lipinski definition) is 6. The van der Waals surface area contributed by atoms with E-state index in [1.807, 2.05) is 12.1 Å². The Morgan fingerprint density at radius 2 is 1.81 bits per heavy atom. The Labute approximate surface area is 160 Å². The molecule has 1 aromatic heterocycles. The summed E-state index contributed by atoms with van der Waals surface area (Å²) in [5, 5.41) is 14.0. The number of thiazole rings is 1. The lowest BCUT2D eigenvalue weighted by Crippen LogP contribution is -2.17. The van der Waals surface area contributed by atoms with Crippen LogP contribution in [0.1, 0.15) is 10.6 Å². The zero-order valence-electron chi connectivity index (χ0n) is 13.8. The first-order chi connectivity index (χ1) is 12.4. The number of halogens is 1. The highest BCUT2D eigenvalue weighted by molar-refractivity contribution is 7.92. The van der Waals surface area contributed by atoms with Crippen LogP contribution in [-0.2, 0) is 9.84 Å². The van der Waals surface area contributed by atoms with Crippen LogP contribution in [0.4, 0.5) is 0 Å². The minimum absolute atomic E-state index is 0.0732. The first-order valence-electron chi connectivity index (χ1n) is 7.63. The fourth-order valence-corrected chi connectivity index (χ4v) is 4.98. The van der Waals surface area contributed by atoms with Crippen LogP contribution in [0, 0.1) is 6.92 Å². The average molecular weight is 407 g/mol. The first-order valence-corrected chi connectivity index (χ1v) is 10.5. The average Bonchev–Trinajstić information content (AvgIpc) is 3.03. The van der Waals surface area contributed by atoms with Gasteiger partial charge in [-0.25, -0.2) is 13.4 Å². The molecule has 0 atom stereocenters. The van der Waals surface area contributed by atoms with Crippen molar-refractivity contribution in [3.8, 4) is 10.6 Å². The summed E-state index contributed by atoms with van der Waals surface area (Å²) in [5.74, 6) is -0.406. The van der Waals surface area contributed by atoms with Crippen molar-refractivity contribution in [1.29, 1.82) is 0 Å². The van der Waals surface area contributed by atoms with Crippen LogP contribution < -0.4 is 0 Å². The summed E-state index contributed by atoms with van der Waals surface area (Å²) >= 11 is 7.18. The zero-order chi connectivity index (χ0) is 18.7. The Bertz CT molecular complexity index is 1040. The molecule has 0 spiro atoms. The van der Waals surface area contributed by atoms with Gasteiger partial charge in [-0.15, -0.1) is 11.3 Å². The molecule has 0 saturated carbocycles. The molecule has 3 rings (SSSR count). The lowest BCUT2D eigenvalue weighted by atomic mass is 10.2.